The Morgan fingerprint density at radius 1 is 1.03 bits per heavy atom. The van der Waals surface area contributed by atoms with E-state index in [1.165, 1.54) is 0 Å². The van der Waals surface area contributed by atoms with E-state index in [1.807, 2.05) is 29.2 Å². The van der Waals surface area contributed by atoms with Crippen molar-refractivity contribution in [1.82, 2.24) is 15.0 Å². The first-order valence-corrected chi connectivity index (χ1v) is 10.4. The van der Waals surface area contributed by atoms with E-state index in [0.29, 0.717) is 55.1 Å². The van der Waals surface area contributed by atoms with Crippen LogP contribution in [0.4, 0.5) is 0 Å². The van der Waals surface area contributed by atoms with Gasteiger partial charge in [-0.15, -0.1) is 0 Å². The molecule has 0 atom stereocenters. The van der Waals surface area contributed by atoms with Gasteiger partial charge in [-0.1, -0.05) is 5.16 Å². The van der Waals surface area contributed by atoms with Gasteiger partial charge in [0, 0.05) is 30.1 Å². The quantitative estimate of drug-likeness (QED) is 0.637. The zero-order chi connectivity index (χ0) is 21.2. The van der Waals surface area contributed by atoms with Crippen molar-refractivity contribution in [2.45, 2.75) is 18.8 Å². The number of carbonyl (C=O) groups is 1. The summed E-state index contributed by atoms with van der Waals surface area (Å²) in [5, 5.41) is 4.13. The molecule has 0 aliphatic carbocycles. The third kappa shape index (κ3) is 3.93. The second-order valence-electron chi connectivity index (χ2n) is 7.61. The molecule has 3 heterocycles. The Hall–Kier alpha value is -3.55. The number of methoxy groups -OCH3 is 1. The lowest BCUT2D eigenvalue weighted by molar-refractivity contribution is 0.0703. The second kappa shape index (κ2) is 8.29. The molecule has 8 heteroatoms. The van der Waals surface area contributed by atoms with Gasteiger partial charge in [0.15, 0.2) is 11.5 Å². The van der Waals surface area contributed by atoms with Gasteiger partial charge in [-0.2, -0.15) is 4.98 Å². The molecule has 3 aromatic rings. The van der Waals surface area contributed by atoms with Gasteiger partial charge >= 0.3 is 0 Å². The van der Waals surface area contributed by atoms with E-state index in [0.717, 1.165) is 24.2 Å². The number of aromatic nitrogens is 2. The summed E-state index contributed by atoms with van der Waals surface area (Å²) >= 11 is 0. The molecule has 1 aromatic heterocycles. The van der Waals surface area contributed by atoms with Crippen LogP contribution in [0.5, 0.6) is 17.2 Å². The summed E-state index contributed by atoms with van der Waals surface area (Å²) < 4.78 is 21.8. The van der Waals surface area contributed by atoms with E-state index < -0.39 is 0 Å². The average molecular weight is 421 g/mol. The van der Waals surface area contributed by atoms with Crippen molar-refractivity contribution >= 4 is 5.91 Å². The van der Waals surface area contributed by atoms with Gasteiger partial charge in [0.25, 0.3) is 5.91 Å². The molecule has 1 amide bonds. The summed E-state index contributed by atoms with van der Waals surface area (Å²) in [5.41, 5.74) is 1.49. The van der Waals surface area contributed by atoms with Crippen LogP contribution in [-0.2, 0) is 0 Å². The smallest absolute Gasteiger partial charge is 0.253 e. The molecule has 1 fully saturated rings. The van der Waals surface area contributed by atoms with Crippen LogP contribution in [0.15, 0.2) is 47.0 Å². The number of rotatable bonds is 4. The lowest BCUT2D eigenvalue weighted by atomic mass is 9.96. The molecule has 31 heavy (non-hydrogen) atoms. The van der Waals surface area contributed by atoms with Gasteiger partial charge < -0.3 is 23.6 Å². The molecule has 2 aliphatic rings. The minimum absolute atomic E-state index is 0.000116. The van der Waals surface area contributed by atoms with Crippen molar-refractivity contribution < 1.29 is 23.5 Å². The van der Waals surface area contributed by atoms with Crippen molar-refractivity contribution in [2.75, 3.05) is 33.4 Å². The zero-order valence-corrected chi connectivity index (χ0v) is 17.2. The van der Waals surface area contributed by atoms with Crippen LogP contribution in [0.1, 0.15) is 35.0 Å². The maximum Gasteiger partial charge on any atom is 0.253 e. The van der Waals surface area contributed by atoms with Crippen LogP contribution in [0, 0.1) is 0 Å². The first-order chi connectivity index (χ1) is 15.2. The highest BCUT2D eigenvalue weighted by Gasteiger charge is 2.28. The molecule has 2 aliphatic heterocycles. The summed E-state index contributed by atoms with van der Waals surface area (Å²) in [6, 6.07) is 12.9. The van der Waals surface area contributed by atoms with Gasteiger partial charge in [-0.25, -0.2) is 0 Å². The number of piperidine rings is 1. The maximum atomic E-state index is 12.9. The topological polar surface area (TPSA) is 86.9 Å². The third-order valence-corrected chi connectivity index (χ3v) is 5.71. The number of likely N-dealkylation sites (tertiary alicyclic amines) is 1. The number of amides is 1. The number of fused-ring (bicyclic) bond motifs is 1. The van der Waals surface area contributed by atoms with Gasteiger partial charge in [-0.3, -0.25) is 4.79 Å². The van der Waals surface area contributed by atoms with Crippen molar-refractivity contribution in [2.24, 2.45) is 0 Å². The fraction of sp³-hybridized carbons (Fsp3) is 0.348. The molecule has 1 saturated heterocycles. The summed E-state index contributed by atoms with van der Waals surface area (Å²) in [6.07, 6.45) is 1.56. The molecule has 160 valence electrons. The van der Waals surface area contributed by atoms with Crippen molar-refractivity contribution in [3.63, 3.8) is 0 Å². The molecule has 0 spiro atoms. The number of carbonyl (C=O) groups excluding carboxylic acids is 1. The van der Waals surface area contributed by atoms with E-state index in [9.17, 15) is 4.79 Å². The Labute approximate surface area is 179 Å². The fourth-order valence-corrected chi connectivity index (χ4v) is 3.95. The van der Waals surface area contributed by atoms with Crippen LogP contribution in [0.2, 0.25) is 0 Å². The lowest BCUT2D eigenvalue weighted by Crippen LogP contribution is -2.38. The number of nitrogens with zero attached hydrogens (tertiary/aromatic N) is 3. The normalized spacial score (nSPS) is 16.2. The number of ether oxygens (including phenoxy) is 3. The molecule has 0 bridgehead atoms. The van der Waals surface area contributed by atoms with Gasteiger partial charge in [0.2, 0.25) is 11.7 Å². The highest BCUT2D eigenvalue weighted by molar-refractivity contribution is 5.95. The molecular formula is C23H23N3O5. The van der Waals surface area contributed by atoms with Crippen molar-refractivity contribution in [3.05, 3.63) is 53.9 Å². The van der Waals surface area contributed by atoms with E-state index in [4.69, 9.17) is 18.7 Å². The molecule has 8 nitrogen and oxygen atoms in total. The van der Waals surface area contributed by atoms with Crippen LogP contribution < -0.4 is 14.2 Å². The maximum absolute atomic E-state index is 12.9. The molecule has 0 saturated carbocycles. The first kappa shape index (κ1) is 19.4. The molecule has 2 aromatic carbocycles. The Morgan fingerprint density at radius 3 is 2.52 bits per heavy atom. The SMILES string of the molecule is COc1ccc(-c2noc(C3CCN(C(=O)c4ccc5c(c4)OCCO5)CC3)n2)cc1. The van der Waals surface area contributed by atoms with Crippen LogP contribution in [-0.4, -0.2) is 54.4 Å². The minimum atomic E-state index is -0.000116. The zero-order valence-electron chi connectivity index (χ0n) is 17.2. The van der Waals surface area contributed by atoms with Crippen LogP contribution >= 0.6 is 0 Å². The van der Waals surface area contributed by atoms with Crippen molar-refractivity contribution in [1.29, 1.82) is 0 Å². The number of benzene rings is 2. The highest BCUT2D eigenvalue weighted by Crippen LogP contribution is 2.33. The van der Waals surface area contributed by atoms with Gasteiger partial charge in [0.1, 0.15) is 19.0 Å². The monoisotopic (exact) mass is 421 g/mol. The Morgan fingerprint density at radius 2 is 1.77 bits per heavy atom. The summed E-state index contributed by atoms with van der Waals surface area (Å²) in [7, 11) is 1.63. The van der Waals surface area contributed by atoms with Crippen LogP contribution in [0.25, 0.3) is 11.4 Å². The second-order valence-corrected chi connectivity index (χ2v) is 7.61. The summed E-state index contributed by atoms with van der Waals surface area (Å²) in [4.78, 5) is 19.4. The van der Waals surface area contributed by atoms with Crippen molar-refractivity contribution in [3.8, 4) is 28.6 Å². The summed E-state index contributed by atoms with van der Waals surface area (Å²) in [6.45, 7) is 2.30. The van der Waals surface area contributed by atoms with Gasteiger partial charge in [-0.05, 0) is 55.3 Å². The standard InChI is InChI=1S/C23H23N3O5/c1-28-18-5-2-15(3-6-18)21-24-22(31-25-21)16-8-10-26(11-9-16)23(27)17-4-7-19-20(14-17)30-13-12-29-19/h2-7,14,16H,8-13H2,1H3. The fourth-order valence-electron chi connectivity index (χ4n) is 3.95. The first-order valence-electron chi connectivity index (χ1n) is 10.4. The lowest BCUT2D eigenvalue weighted by Gasteiger charge is -2.30. The third-order valence-electron chi connectivity index (χ3n) is 5.71. The highest BCUT2D eigenvalue weighted by atomic mass is 16.6. The van der Waals surface area contributed by atoms with E-state index in [2.05, 4.69) is 10.1 Å². The number of hydrogen-bond acceptors (Lipinski definition) is 7. The predicted octanol–water partition coefficient (Wildman–Crippen LogP) is 3.54. The molecule has 5 rings (SSSR count). The molecule has 0 N–H and O–H groups in total. The van der Waals surface area contributed by atoms with E-state index >= 15 is 0 Å². The minimum Gasteiger partial charge on any atom is -0.497 e. The number of hydrogen-bond donors (Lipinski definition) is 0. The Kier molecular flexibility index (Phi) is 5.19. The molecule has 0 unspecified atom stereocenters. The molecular weight excluding hydrogens is 398 g/mol. The Bertz CT molecular complexity index is 1070. The largest absolute Gasteiger partial charge is 0.497 e. The average Bonchev–Trinajstić information content (AvgIpc) is 3.34. The van der Waals surface area contributed by atoms with E-state index in [-0.39, 0.29) is 11.8 Å². The summed E-state index contributed by atoms with van der Waals surface area (Å²) in [5.74, 6) is 3.42. The van der Waals surface area contributed by atoms with E-state index in [1.54, 1.807) is 25.3 Å². The molecule has 0 radical (unpaired) electrons. The predicted molar refractivity (Wildman–Crippen MR) is 112 cm³/mol. The Balaban J connectivity index is 1.22. The van der Waals surface area contributed by atoms with Crippen LogP contribution in [0.3, 0.4) is 0 Å². The van der Waals surface area contributed by atoms with Gasteiger partial charge in [0.05, 0.1) is 7.11 Å².